The van der Waals surface area contributed by atoms with Gasteiger partial charge >= 0.3 is 5.97 Å². The van der Waals surface area contributed by atoms with Gasteiger partial charge in [0.1, 0.15) is 6.10 Å². The number of allylic oxidation sites excluding steroid dienone is 6. The molecule has 3 atom stereocenters. The van der Waals surface area contributed by atoms with Crippen LogP contribution in [0.4, 0.5) is 0 Å². The molecule has 3 N–H and O–H groups in total. The Morgan fingerprint density at radius 3 is 1.24 bits per heavy atom. The zero-order valence-electron chi connectivity index (χ0n) is 42.2. The summed E-state index contributed by atoms with van der Waals surface area (Å²) in [6.07, 6.45) is 60.6. The number of ether oxygens (including phenoxy) is 1. The van der Waals surface area contributed by atoms with Crippen molar-refractivity contribution in [2.24, 2.45) is 0 Å². The molecule has 0 rings (SSSR count). The van der Waals surface area contributed by atoms with E-state index < -0.39 is 18.2 Å². The third-order valence-corrected chi connectivity index (χ3v) is 12.7. The molecule has 0 aromatic carbocycles. The van der Waals surface area contributed by atoms with Gasteiger partial charge in [0.05, 0.1) is 25.2 Å². The maximum Gasteiger partial charge on any atom is 0.306 e. The molecule has 0 heterocycles. The highest BCUT2D eigenvalue weighted by atomic mass is 16.5. The average molecular weight is 886 g/mol. The van der Waals surface area contributed by atoms with Crippen molar-refractivity contribution in [3.63, 3.8) is 0 Å². The van der Waals surface area contributed by atoms with Crippen LogP contribution in [0.5, 0.6) is 0 Å². The fraction of sp³-hybridized carbons (Fsp3) is 0.860. The zero-order chi connectivity index (χ0) is 45.9. The van der Waals surface area contributed by atoms with Gasteiger partial charge in [-0.15, -0.1) is 0 Å². The van der Waals surface area contributed by atoms with Crippen LogP contribution in [-0.4, -0.2) is 46.9 Å². The van der Waals surface area contributed by atoms with Gasteiger partial charge < -0.3 is 20.3 Å². The molecule has 0 aliphatic carbocycles. The number of nitrogens with one attached hydrogen (secondary N) is 1. The fourth-order valence-electron chi connectivity index (χ4n) is 8.48. The fourth-order valence-corrected chi connectivity index (χ4v) is 8.48. The highest BCUT2D eigenvalue weighted by Gasteiger charge is 2.24. The second-order valence-corrected chi connectivity index (χ2v) is 19.0. The minimum absolute atomic E-state index is 0.0563. The molecule has 6 heteroatoms. The van der Waals surface area contributed by atoms with Crippen LogP contribution in [-0.2, 0) is 14.3 Å². The predicted octanol–water partition coefficient (Wildman–Crippen LogP) is 16.8. The molecule has 0 fully saturated rings. The van der Waals surface area contributed by atoms with Crippen LogP contribution in [0.2, 0.25) is 0 Å². The summed E-state index contributed by atoms with van der Waals surface area (Å²) in [6, 6.07) is -0.711. The molecule has 3 unspecified atom stereocenters. The Labute approximate surface area is 392 Å². The second-order valence-electron chi connectivity index (χ2n) is 19.0. The molecule has 0 bridgehead atoms. The lowest BCUT2D eigenvalue weighted by Gasteiger charge is -2.24. The summed E-state index contributed by atoms with van der Waals surface area (Å²) in [5.74, 6) is -0.508. The summed E-state index contributed by atoms with van der Waals surface area (Å²) in [4.78, 5) is 26.2. The van der Waals surface area contributed by atoms with Gasteiger partial charge in [-0.05, 0) is 77.0 Å². The van der Waals surface area contributed by atoms with Gasteiger partial charge in [-0.3, -0.25) is 9.59 Å². The number of esters is 1. The Kier molecular flexibility index (Phi) is 49.5. The lowest BCUT2D eigenvalue weighted by molar-refractivity contribution is -0.151. The molecule has 6 nitrogen and oxygen atoms in total. The van der Waals surface area contributed by atoms with Crippen LogP contribution in [0.1, 0.15) is 290 Å². The van der Waals surface area contributed by atoms with E-state index in [9.17, 15) is 19.8 Å². The van der Waals surface area contributed by atoms with E-state index >= 15 is 0 Å². The van der Waals surface area contributed by atoms with E-state index in [0.717, 1.165) is 77.0 Å². The summed E-state index contributed by atoms with van der Waals surface area (Å²) in [6.45, 7) is 6.49. The number of rotatable bonds is 50. The van der Waals surface area contributed by atoms with Crippen molar-refractivity contribution in [2.45, 2.75) is 309 Å². The van der Waals surface area contributed by atoms with Gasteiger partial charge in [0, 0.05) is 6.42 Å². The number of hydrogen-bond acceptors (Lipinski definition) is 5. The van der Waals surface area contributed by atoms with Gasteiger partial charge in [0.2, 0.25) is 5.91 Å². The molecule has 0 aromatic heterocycles. The van der Waals surface area contributed by atoms with Crippen LogP contribution < -0.4 is 5.32 Å². The van der Waals surface area contributed by atoms with Gasteiger partial charge in [-0.2, -0.15) is 0 Å². The van der Waals surface area contributed by atoms with Crippen molar-refractivity contribution >= 4 is 11.9 Å². The normalized spacial score (nSPS) is 13.4. The first-order valence-corrected chi connectivity index (χ1v) is 27.7. The Morgan fingerprint density at radius 1 is 0.460 bits per heavy atom. The predicted molar refractivity (Wildman–Crippen MR) is 273 cm³/mol. The molecule has 0 aliphatic rings. The SMILES string of the molecule is CCCCCCCCC/C=C\CCCCCC(=O)OC(CCCCC/C=C/C=C/CCCCCCCCC)CC(=O)NC(CO)C(O)CCCCCCCCCCCCCCCC. The maximum atomic E-state index is 13.2. The van der Waals surface area contributed by atoms with E-state index in [1.807, 2.05) is 0 Å². The first-order chi connectivity index (χ1) is 31.0. The molecule has 1 amide bonds. The summed E-state index contributed by atoms with van der Waals surface area (Å²) < 4.78 is 5.93. The third kappa shape index (κ3) is 46.4. The first-order valence-electron chi connectivity index (χ1n) is 27.7. The van der Waals surface area contributed by atoms with E-state index in [-0.39, 0.29) is 24.9 Å². The van der Waals surface area contributed by atoms with Crippen molar-refractivity contribution in [3.8, 4) is 0 Å². The van der Waals surface area contributed by atoms with E-state index in [4.69, 9.17) is 4.74 Å². The van der Waals surface area contributed by atoms with Crippen molar-refractivity contribution < 1.29 is 24.5 Å². The number of aliphatic hydroxyl groups is 2. The van der Waals surface area contributed by atoms with Crippen LogP contribution >= 0.6 is 0 Å². The topological polar surface area (TPSA) is 95.9 Å². The number of carbonyl (C=O) groups excluding carboxylic acids is 2. The van der Waals surface area contributed by atoms with Gasteiger partial charge in [-0.25, -0.2) is 0 Å². The molecule has 0 aromatic rings. The van der Waals surface area contributed by atoms with E-state index in [2.05, 4.69) is 62.5 Å². The Balaban J connectivity index is 4.62. The number of aliphatic hydroxyl groups excluding tert-OH is 2. The van der Waals surface area contributed by atoms with Gasteiger partial charge in [0.15, 0.2) is 0 Å². The lowest BCUT2D eigenvalue weighted by atomic mass is 10.0. The molecule has 370 valence electrons. The second kappa shape index (κ2) is 51.1. The highest BCUT2D eigenvalue weighted by Crippen LogP contribution is 2.18. The molecule has 63 heavy (non-hydrogen) atoms. The Morgan fingerprint density at radius 2 is 0.810 bits per heavy atom. The maximum absolute atomic E-state index is 13.2. The molecular formula is C57H107NO5. The van der Waals surface area contributed by atoms with Crippen LogP contribution in [0.15, 0.2) is 36.5 Å². The number of carbonyl (C=O) groups is 2. The van der Waals surface area contributed by atoms with Crippen LogP contribution in [0.3, 0.4) is 0 Å². The van der Waals surface area contributed by atoms with Crippen molar-refractivity contribution in [3.05, 3.63) is 36.5 Å². The molecule has 0 saturated heterocycles. The zero-order valence-corrected chi connectivity index (χ0v) is 42.2. The molecular weight excluding hydrogens is 779 g/mol. The van der Waals surface area contributed by atoms with E-state index in [1.54, 1.807) is 0 Å². The number of amides is 1. The van der Waals surface area contributed by atoms with E-state index in [0.29, 0.717) is 19.3 Å². The Bertz CT molecular complexity index is 1040. The smallest absolute Gasteiger partial charge is 0.306 e. The van der Waals surface area contributed by atoms with Crippen molar-refractivity contribution in [2.75, 3.05) is 6.61 Å². The first kappa shape index (κ1) is 61.1. The quantitative estimate of drug-likeness (QED) is 0.0245. The van der Waals surface area contributed by atoms with Gasteiger partial charge in [-0.1, -0.05) is 237 Å². The minimum atomic E-state index is -0.796. The summed E-state index contributed by atoms with van der Waals surface area (Å²) in [7, 11) is 0. The van der Waals surface area contributed by atoms with Crippen molar-refractivity contribution in [1.29, 1.82) is 0 Å². The Hall–Kier alpha value is -1.92. The lowest BCUT2D eigenvalue weighted by Crippen LogP contribution is -2.46. The average Bonchev–Trinajstić information content (AvgIpc) is 3.28. The molecule has 0 aliphatic heterocycles. The summed E-state index contributed by atoms with van der Waals surface area (Å²) >= 11 is 0. The van der Waals surface area contributed by atoms with E-state index in [1.165, 1.54) is 167 Å². The van der Waals surface area contributed by atoms with Crippen LogP contribution in [0.25, 0.3) is 0 Å². The summed E-state index contributed by atoms with van der Waals surface area (Å²) in [5.41, 5.74) is 0. The standard InChI is InChI=1S/C57H107NO5/c1-4-7-10-13-16-19-22-25-28-29-30-33-36-39-42-45-48-53(63-57(62)50-47-44-41-38-35-32-27-24-21-18-15-12-9-6-3)51-56(61)58-54(52-59)55(60)49-46-43-40-37-34-31-26-23-20-17-14-11-8-5-2/h28-30,32-33,35,53-55,59-60H,4-27,31,34,36-52H2,1-3H3,(H,58,61)/b29-28+,33-30+,35-32-. The third-order valence-electron chi connectivity index (χ3n) is 12.7. The van der Waals surface area contributed by atoms with Crippen LogP contribution in [0, 0.1) is 0 Å². The number of hydrogen-bond donors (Lipinski definition) is 3. The highest BCUT2D eigenvalue weighted by molar-refractivity contribution is 5.77. The monoisotopic (exact) mass is 886 g/mol. The minimum Gasteiger partial charge on any atom is -0.462 e. The molecule has 0 spiro atoms. The van der Waals surface area contributed by atoms with Crippen molar-refractivity contribution in [1.82, 2.24) is 5.32 Å². The molecule has 0 radical (unpaired) electrons. The van der Waals surface area contributed by atoms with Gasteiger partial charge in [0.25, 0.3) is 0 Å². The summed E-state index contributed by atoms with van der Waals surface area (Å²) in [5, 5.41) is 23.8. The molecule has 0 saturated carbocycles. The number of unbranched alkanes of at least 4 members (excludes halogenated alkanes) is 33. The largest absolute Gasteiger partial charge is 0.462 e.